The molecule has 0 spiro atoms. The molecule has 0 saturated heterocycles. The molecule has 2 rings (SSSR count). The van der Waals surface area contributed by atoms with E-state index in [0.29, 0.717) is 16.7 Å². The highest BCUT2D eigenvalue weighted by molar-refractivity contribution is 7.46. The molecule has 0 bridgehead atoms. The molecule has 3 N–H and O–H groups in total. The van der Waals surface area contributed by atoms with E-state index in [1.165, 1.54) is 19.2 Å². The minimum Gasteiger partial charge on any atom is -0.493 e. The molecule has 1 atom stereocenters. The maximum atomic E-state index is 11.7. The summed E-state index contributed by atoms with van der Waals surface area (Å²) in [6.45, 7) is -0.500. The van der Waals surface area contributed by atoms with Gasteiger partial charge in [-0.1, -0.05) is 0 Å². The van der Waals surface area contributed by atoms with Crippen LogP contribution in [0.5, 0.6) is 5.75 Å². The highest BCUT2D eigenvalue weighted by Crippen LogP contribution is 2.35. The summed E-state index contributed by atoms with van der Waals surface area (Å²) in [6.07, 6.45) is -1.14. The largest absolute Gasteiger partial charge is 0.493 e. The van der Waals surface area contributed by atoms with Crippen molar-refractivity contribution < 1.29 is 42.7 Å². The first-order chi connectivity index (χ1) is 12.7. The Morgan fingerprint density at radius 2 is 2.04 bits per heavy atom. The van der Waals surface area contributed by atoms with Gasteiger partial charge in [-0.15, -0.1) is 0 Å². The van der Waals surface area contributed by atoms with Crippen LogP contribution in [0, 0.1) is 0 Å². The van der Waals surface area contributed by atoms with Gasteiger partial charge in [0.1, 0.15) is 11.3 Å². The normalized spacial score (nSPS) is 12.7. The SMILES string of the molecule is COC(=O)Cc1cc(=O)oc2cc(OCCC(O)COP(=O)(O)O)ccc12. The Kier molecular flexibility index (Phi) is 7.11. The lowest BCUT2D eigenvalue weighted by Gasteiger charge is -2.13. The first-order valence-electron chi connectivity index (χ1n) is 7.82. The van der Waals surface area contributed by atoms with Gasteiger partial charge in [0.2, 0.25) is 0 Å². The number of fused-ring (bicyclic) bond motifs is 1. The lowest BCUT2D eigenvalue weighted by molar-refractivity contribution is -0.139. The number of hydrogen-bond donors (Lipinski definition) is 3. The van der Waals surface area contributed by atoms with Crippen molar-refractivity contribution in [3.63, 3.8) is 0 Å². The zero-order chi connectivity index (χ0) is 20.0. The van der Waals surface area contributed by atoms with E-state index in [1.54, 1.807) is 12.1 Å². The third-order valence-corrected chi connectivity index (χ3v) is 4.00. The van der Waals surface area contributed by atoms with Crippen LogP contribution in [0.1, 0.15) is 12.0 Å². The van der Waals surface area contributed by atoms with Gasteiger partial charge >= 0.3 is 19.4 Å². The first-order valence-corrected chi connectivity index (χ1v) is 9.35. The smallest absolute Gasteiger partial charge is 0.469 e. The molecule has 2 aromatic rings. The van der Waals surface area contributed by atoms with Crippen LogP contribution in [0.3, 0.4) is 0 Å². The number of carbonyl (C=O) groups excluding carboxylic acids is 1. The fourth-order valence-electron chi connectivity index (χ4n) is 2.25. The molecule has 0 aliphatic rings. The number of hydrogen-bond acceptors (Lipinski definition) is 8. The maximum absolute atomic E-state index is 11.7. The summed E-state index contributed by atoms with van der Waals surface area (Å²) in [4.78, 5) is 40.3. The number of rotatable bonds is 9. The van der Waals surface area contributed by atoms with Crippen LogP contribution in [0.2, 0.25) is 0 Å². The molecule has 0 aliphatic heterocycles. The molecule has 10 nitrogen and oxygen atoms in total. The highest BCUT2D eigenvalue weighted by atomic mass is 31.2. The number of methoxy groups -OCH3 is 1. The van der Waals surface area contributed by atoms with Crippen LogP contribution in [0.4, 0.5) is 0 Å². The maximum Gasteiger partial charge on any atom is 0.469 e. The standard InChI is InChI=1S/C16H19O10P/c1-23-15(18)6-10-7-16(19)26-14-8-12(2-3-13(10)14)24-5-4-11(17)9-25-27(20,21)22/h2-3,7-8,11,17H,4-6,9H2,1H3,(H2,20,21,22). The molecule has 0 radical (unpaired) electrons. The van der Waals surface area contributed by atoms with Crippen molar-refractivity contribution >= 4 is 24.8 Å². The number of aliphatic hydroxyl groups excluding tert-OH is 1. The Labute approximate surface area is 153 Å². The van der Waals surface area contributed by atoms with Crippen molar-refractivity contribution in [1.29, 1.82) is 0 Å². The fraction of sp³-hybridized carbons (Fsp3) is 0.375. The van der Waals surface area contributed by atoms with E-state index in [0.717, 1.165) is 0 Å². The van der Waals surface area contributed by atoms with E-state index in [-0.39, 0.29) is 25.0 Å². The van der Waals surface area contributed by atoms with Gasteiger partial charge in [0, 0.05) is 23.9 Å². The van der Waals surface area contributed by atoms with Gasteiger partial charge in [0.05, 0.1) is 32.8 Å². The predicted molar refractivity (Wildman–Crippen MR) is 92.3 cm³/mol. The third kappa shape index (κ3) is 6.78. The summed E-state index contributed by atoms with van der Waals surface area (Å²) in [6, 6.07) is 5.91. The van der Waals surface area contributed by atoms with Gasteiger partial charge in [-0.25, -0.2) is 9.36 Å². The van der Waals surface area contributed by atoms with Gasteiger partial charge in [0.15, 0.2) is 0 Å². The first kappa shape index (κ1) is 21.1. The number of phosphoric ester groups is 1. The number of phosphoric acid groups is 1. The van der Waals surface area contributed by atoms with Crippen molar-refractivity contribution in [2.45, 2.75) is 18.9 Å². The van der Waals surface area contributed by atoms with Gasteiger partial charge in [0.25, 0.3) is 0 Å². The van der Waals surface area contributed by atoms with Crippen LogP contribution < -0.4 is 10.4 Å². The van der Waals surface area contributed by atoms with E-state index in [2.05, 4.69) is 9.26 Å². The summed E-state index contributed by atoms with van der Waals surface area (Å²) >= 11 is 0. The molecule has 0 amide bonds. The van der Waals surface area contributed by atoms with Crippen LogP contribution in [-0.4, -0.2) is 47.3 Å². The topological polar surface area (TPSA) is 153 Å². The molecule has 27 heavy (non-hydrogen) atoms. The summed E-state index contributed by atoms with van der Waals surface area (Å²) < 4.78 is 29.9. The minimum atomic E-state index is -4.64. The zero-order valence-corrected chi connectivity index (χ0v) is 15.3. The van der Waals surface area contributed by atoms with Crippen molar-refractivity contribution in [3.05, 3.63) is 40.2 Å². The molecule has 0 aliphatic carbocycles. The minimum absolute atomic E-state index is 0.0310. The van der Waals surface area contributed by atoms with Crippen LogP contribution in [0.15, 0.2) is 33.5 Å². The lowest BCUT2D eigenvalue weighted by Crippen LogP contribution is -2.17. The Morgan fingerprint density at radius 1 is 1.30 bits per heavy atom. The molecule has 0 saturated carbocycles. The molecule has 148 valence electrons. The molecule has 1 heterocycles. The van der Waals surface area contributed by atoms with E-state index in [4.69, 9.17) is 18.9 Å². The highest BCUT2D eigenvalue weighted by Gasteiger charge is 2.17. The fourth-order valence-corrected chi connectivity index (χ4v) is 2.62. The van der Waals surface area contributed by atoms with Crippen LogP contribution >= 0.6 is 7.82 Å². The summed E-state index contributed by atoms with van der Waals surface area (Å²) in [5.74, 6) is -0.141. The Hall–Kier alpha value is -2.23. The Balaban J connectivity index is 2.03. The van der Waals surface area contributed by atoms with E-state index in [9.17, 15) is 19.3 Å². The Morgan fingerprint density at radius 3 is 2.70 bits per heavy atom. The molecule has 11 heteroatoms. The molecule has 1 aromatic carbocycles. The number of esters is 1. The number of aliphatic hydroxyl groups is 1. The second kappa shape index (κ2) is 9.12. The summed E-state index contributed by atoms with van der Waals surface area (Å²) in [5, 5.41) is 10.1. The van der Waals surface area contributed by atoms with Crippen LogP contribution in [0.25, 0.3) is 11.0 Å². The lowest BCUT2D eigenvalue weighted by atomic mass is 10.1. The second-order valence-electron chi connectivity index (χ2n) is 5.58. The second-order valence-corrected chi connectivity index (χ2v) is 6.82. The van der Waals surface area contributed by atoms with Gasteiger partial charge < -0.3 is 28.8 Å². The van der Waals surface area contributed by atoms with E-state index < -0.39 is 32.1 Å². The summed E-state index contributed by atoms with van der Waals surface area (Å²) in [5.41, 5.74) is 0.0671. The summed E-state index contributed by atoms with van der Waals surface area (Å²) in [7, 11) is -3.38. The number of ether oxygens (including phenoxy) is 2. The monoisotopic (exact) mass is 402 g/mol. The molecular weight excluding hydrogens is 383 g/mol. The molecular formula is C16H19O10P. The van der Waals surface area contributed by atoms with Crippen molar-refractivity contribution in [1.82, 2.24) is 0 Å². The zero-order valence-electron chi connectivity index (χ0n) is 14.4. The molecule has 1 aromatic heterocycles. The Bertz CT molecular complexity index is 900. The average Bonchev–Trinajstić information content (AvgIpc) is 2.58. The van der Waals surface area contributed by atoms with Crippen LogP contribution in [-0.2, 0) is 25.0 Å². The quantitative estimate of drug-likeness (QED) is 0.311. The molecule has 0 fully saturated rings. The number of benzene rings is 1. The van der Waals surface area contributed by atoms with E-state index in [1.807, 2.05) is 0 Å². The van der Waals surface area contributed by atoms with Gasteiger partial charge in [-0.3, -0.25) is 9.32 Å². The van der Waals surface area contributed by atoms with E-state index >= 15 is 0 Å². The molecule has 1 unspecified atom stereocenters. The van der Waals surface area contributed by atoms with Gasteiger partial charge in [-0.2, -0.15) is 0 Å². The van der Waals surface area contributed by atoms with Gasteiger partial charge in [-0.05, 0) is 17.7 Å². The van der Waals surface area contributed by atoms with Crippen molar-refractivity contribution in [3.8, 4) is 5.75 Å². The van der Waals surface area contributed by atoms with Crippen molar-refractivity contribution in [2.75, 3.05) is 20.3 Å². The third-order valence-electron chi connectivity index (χ3n) is 3.52. The van der Waals surface area contributed by atoms with Crippen molar-refractivity contribution in [2.24, 2.45) is 0 Å². The number of carbonyl (C=O) groups is 1. The average molecular weight is 402 g/mol. The predicted octanol–water partition coefficient (Wildman–Crippen LogP) is 0.748.